The summed E-state index contributed by atoms with van der Waals surface area (Å²) >= 11 is 0. The van der Waals surface area contributed by atoms with E-state index in [0.29, 0.717) is 13.1 Å². The van der Waals surface area contributed by atoms with Crippen molar-refractivity contribution in [1.82, 2.24) is 29.4 Å². The van der Waals surface area contributed by atoms with Gasteiger partial charge in [0.1, 0.15) is 5.82 Å². The average molecular weight is 330 g/mol. The fraction of sp³-hybridized carbons (Fsp3) is 0.500. The third-order valence-electron chi connectivity index (χ3n) is 4.35. The van der Waals surface area contributed by atoms with Gasteiger partial charge in [0.2, 0.25) is 5.91 Å². The lowest BCUT2D eigenvalue weighted by Crippen LogP contribution is -2.39. The highest BCUT2D eigenvalue weighted by Gasteiger charge is 2.27. The Balaban J connectivity index is 1.69. The summed E-state index contributed by atoms with van der Waals surface area (Å²) in [6.07, 6.45) is 8.76. The van der Waals surface area contributed by atoms with Crippen LogP contribution in [0, 0.1) is 0 Å². The highest BCUT2D eigenvalue weighted by atomic mass is 16.2. The summed E-state index contributed by atoms with van der Waals surface area (Å²) in [5.41, 5.74) is 0.707. The fourth-order valence-corrected chi connectivity index (χ4v) is 3.13. The van der Waals surface area contributed by atoms with Crippen molar-refractivity contribution in [3.63, 3.8) is 0 Å². The summed E-state index contributed by atoms with van der Waals surface area (Å²) in [6.45, 7) is 3.81. The Bertz CT molecular complexity index is 800. The van der Waals surface area contributed by atoms with Crippen LogP contribution in [0.5, 0.6) is 0 Å². The normalized spacial score (nSPS) is 18.4. The number of amides is 1. The minimum Gasteiger partial charge on any atom is -0.338 e. The number of hydrogen-bond donors (Lipinski definition) is 1. The zero-order valence-corrected chi connectivity index (χ0v) is 14.0. The van der Waals surface area contributed by atoms with Crippen molar-refractivity contribution in [3.8, 4) is 0 Å². The van der Waals surface area contributed by atoms with E-state index >= 15 is 0 Å². The Labute approximate surface area is 139 Å². The van der Waals surface area contributed by atoms with Gasteiger partial charge in [0.05, 0.1) is 6.20 Å². The van der Waals surface area contributed by atoms with Crippen LogP contribution in [0.15, 0.2) is 23.3 Å². The van der Waals surface area contributed by atoms with Gasteiger partial charge in [0.15, 0.2) is 0 Å². The molecule has 0 spiro atoms. The van der Waals surface area contributed by atoms with Gasteiger partial charge in [-0.2, -0.15) is 10.2 Å². The van der Waals surface area contributed by atoms with Crippen molar-refractivity contribution < 1.29 is 4.79 Å². The Morgan fingerprint density at radius 1 is 1.50 bits per heavy atom. The first kappa shape index (κ1) is 16.2. The third-order valence-corrected chi connectivity index (χ3v) is 4.35. The highest BCUT2D eigenvalue weighted by molar-refractivity contribution is 5.91. The molecule has 0 aromatic carbocycles. The van der Waals surface area contributed by atoms with E-state index in [9.17, 15) is 9.59 Å². The second kappa shape index (κ2) is 6.86. The molecular formula is C16H22N6O2. The molecular weight excluding hydrogens is 308 g/mol. The van der Waals surface area contributed by atoms with Crippen LogP contribution in [0.3, 0.4) is 0 Å². The molecule has 1 fully saturated rings. The molecule has 3 rings (SSSR count). The van der Waals surface area contributed by atoms with Crippen molar-refractivity contribution in [2.24, 2.45) is 7.05 Å². The van der Waals surface area contributed by atoms with E-state index in [1.54, 1.807) is 27.6 Å². The number of aromatic nitrogens is 5. The van der Waals surface area contributed by atoms with Crippen molar-refractivity contribution in [2.45, 2.75) is 32.2 Å². The molecule has 1 unspecified atom stereocenters. The quantitative estimate of drug-likeness (QED) is 0.838. The molecule has 0 aliphatic carbocycles. The van der Waals surface area contributed by atoms with Crippen molar-refractivity contribution in [1.29, 1.82) is 0 Å². The van der Waals surface area contributed by atoms with E-state index in [-0.39, 0.29) is 17.5 Å². The first-order valence-electron chi connectivity index (χ1n) is 8.19. The number of nitrogens with zero attached hydrogens (tertiary/aromatic N) is 5. The van der Waals surface area contributed by atoms with E-state index in [1.807, 2.05) is 25.1 Å². The Morgan fingerprint density at radius 2 is 2.33 bits per heavy atom. The van der Waals surface area contributed by atoms with Crippen LogP contribution >= 0.6 is 0 Å². The number of piperidine rings is 1. The van der Waals surface area contributed by atoms with Gasteiger partial charge in [-0.15, -0.1) is 0 Å². The lowest BCUT2D eigenvalue weighted by molar-refractivity contribution is -0.127. The Hall–Kier alpha value is -2.64. The van der Waals surface area contributed by atoms with Gasteiger partial charge in [-0.05, 0) is 25.8 Å². The summed E-state index contributed by atoms with van der Waals surface area (Å²) in [4.78, 5) is 26.0. The summed E-state index contributed by atoms with van der Waals surface area (Å²) < 4.78 is 3.34. The second-order valence-corrected chi connectivity index (χ2v) is 6.04. The van der Waals surface area contributed by atoms with Crippen LogP contribution in [0.2, 0.25) is 0 Å². The summed E-state index contributed by atoms with van der Waals surface area (Å²) in [5.74, 6) is 0.814. The maximum atomic E-state index is 12.4. The van der Waals surface area contributed by atoms with Gasteiger partial charge < -0.3 is 4.90 Å². The number of aryl methyl sites for hydroxylation is 1. The Morgan fingerprint density at radius 3 is 3.04 bits per heavy atom. The van der Waals surface area contributed by atoms with Gasteiger partial charge in [-0.1, -0.05) is 0 Å². The molecule has 1 amide bonds. The van der Waals surface area contributed by atoms with Crippen LogP contribution in [-0.4, -0.2) is 48.4 Å². The molecule has 0 saturated carbocycles. The van der Waals surface area contributed by atoms with E-state index in [0.717, 1.165) is 30.8 Å². The number of carbonyl (C=O) groups is 1. The van der Waals surface area contributed by atoms with Crippen LogP contribution < -0.4 is 5.69 Å². The molecule has 128 valence electrons. The molecule has 1 aliphatic heterocycles. The molecule has 2 aromatic rings. The summed E-state index contributed by atoms with van der Waals surface area (Å²) in [5, 5.41) is 10.7. The number of carbonyl (C=O) groups excluding carboxylic acids is 1. The number of rotatable bonds is 4. The Kier molecular flexibility index (Phi) is 4.64. The topological polar surface area (TPSA) is 88.8 Å². The van der Waals surface area contributed by atoms with Crippen molar-refractivity contribution in [3.05, 3.63) is 40.3 Å². The molecule has 8 heteroatoms. The van der Waals surface area contributed by atoms with Gasteiger partial charge in [0, 0.05) is 50.4 Å². The van der Waals surface area contributed by atoms with Crippen molar-refractivity contribution >= 4 is 12.0 Å². The van der Waals surface area contributed by atoms with Crippen LogP contribution in [0.25, 0.3) is 6.08 Å². The largest absolute Gasteiger partial charge is 0.343 e. The predicted molar refractivity (Wildman–Crippen MR) is 89.3 cm³/mol. The van der Waals surface area contributed by atoms with E-state index in [1.165, 1.54) is 0 Å². The maximum Gasteiger partial charge on any atom is 0.343 e. The van der Waals surface area contributed by atoms with Gasteiger partial charge in [-0.25, -0.2) is 9.89 Å². The lowest BCUT2D eigenvalue weighted by atomic mass is 9.97. The molecule has 3 heterocycles. The monoisotopic (exact) mass is 330 g/mol. The van der Waals surface area contributed by atoms with Crippen LogP contribution in [0.4, 0.5) is 0 Å². The number of likely N-dealkylation sites (tertiary alicyclic amines) is 1. The maximum absolute atomic E-state index is 12.4. The second-order valence-electron chi connectivity index (χ2n) is 6.04. The summed E-state index contributed by atoms with van der Waals surface area (Å²) in [7, 11) is 1.84. The number of aromatic amines is 1. The minimum atomic E-state index is -0.188. The molecule has 1 aliphatic rings. The smallest absolute Gasteiger partial charge is 0.338 e. The molecule has 1 N–H and O–H groups in total. The first-order chi connectivity index (χ1) is 11.6. The fourth-order valence-electron chi connectivity index (χ4n) is 3.13. The number of nitrogens with one attached hydrogen (secondary N) is 1. The zero-order valence-electron chi connectivity index (χ0n) is 14.0. The highest BCUT2D eigenvalue weighted by Crippen LogP contribution is 2.25. The summed E-state index contributed by atoms with van der Waals surface area (Å²) in [6, 6.07) is 0. The first-order valence-corrected chi connectivity index (χ1v) is 8.19. The van der Waals surface area contributed by atoms with Gasteiger partial charge >= 0.3 is 5.69 Å². The standard InChI is InChI=1S/C16H22N6O2/c1-3-22-15(18-19-16(22)24)13-5-4-8-21(11-13)14(23)7-6-12-9-17-20(2)10-12/h6-7,9-10,13H,3-5,8,11H2,1-2H3,(H,19,24). The number of H-pyrrole nitrogens is 1. The molecule has 0 radical (unpaired) electrons. The van der Waals surface area contributed by atoms with Crippen LogP contribution in [-0.2, 0) is 18.4 Å². The van der Waals surface area contributed by atoms with Gasteiger partial charge in [-0.3, -0.25) is 14.0 Å². The molecule has 2 aromatic heterocycles. The minimum absolute atomic E-state index is 0.0236. The molecule has 0 bridgehead atoms. The molecule has 1 saturated heterocycles. The van der Waals surface area contributed by atoms with E-state index in [2.05, 4.69) is 15.3 Å². The molecule has 1 atom stereocenters. The lowest BCUT2D eigenvalue weighted by Gasteiger charge is -2.31. The van der Waals surface area contributed by atoms with Gasteiger partial charge in [0.25, 0.3) is 0 Å². The third kappa shape index (κ3) is 3.32. The zero-order chi connectivity index (χ0) is 17.1. The van der Waals surface area contributed by atoms with Crippen LogP contribution in [0.1, 0.15) is 37.1 Å². The SMILES string of the molecule is CCn1c(C2CCCN(C(=O)C=Cc3cnn(C)c3)C2)n[nH]c1=O. The van der Waals surface area contributed by atoms with E-state index in [4.69, 9.17) is 0 Å². The number of hydrogen-bond acceptors (Lipinski definition) is 4. The van der Waals surface area contributed by atoms with Crippen molar-refractivity contribution in [2.75, 3.05) is 13.1 Å². The van der Waals surface area contributed by atoms with E-state index < -0.39 is 0 Å². The molecule has 24 heavy (non-hydrogen) atoms. The predicted octanol–water partition coefficient (Wildman–Crippen LogP) is 0.744. The average Bonchev–Trinajstić information content (AvgIpc) is 3.18. The molecule has 8 nitrogen and oxygen atoms in total.